The molecular weight excluding hydrogens is 384 g/mol. The van der Waals surface area contributed by atoms with Crippen molar-refractivity contribution in [1.29, 1.82) is 0 Å². The Labute approximate surface area is 174 Å². The molecule has 0 radical (unpaired) electrons. The second-order valence-electron chi connectivity index (χ2n) is 6.26. The molecule has 0 aliphatic heterocycles. The molecule has 7 nitrogen and oxygen atoms in total. The maximum atomic E-state index is 12.2. The highest BCUT2D eigenvalue weighted by atomic mass is 32.2. The number of hydrogen-bond donors (Lipinski definition) is 4. The third-order valence-corrected chi connectivity index (χ3v) is 4.66. The van der Waals surface area contributed by atoms with E-state index < -0.39 is 0 Å². The molecule has 3 aromatic rings. The zero-order chi connectivity index (χ0) is 20.6. The van der Waals surface area contributed by atoms with Gasteiger partial charge in [-0.15, -0.1) is 11.8 Å². The van der Waals surface area contributed by atoms with Crippen molar-refractivity contribution in [2.24, 2.45) is 0 Å². The van der Waals surface area contributed by atoms with Crippen LogP contribution in [0.5, 0.6) is 0 Å². The summed E-state index contributed by atoms with van der Waals surface area (Å²) < 4.78 is 0. The fourth-order valence-corrected chi connectivity index (χ4v) is 3.11. The molecule has 1 aromatic heterocycles. The van der Waals surface area contributed by atoms with E-state index in [2.05, 4.69) is 31.2 Å². The third-order valence-electron chi connectivity index (χ3n) is 3.93. The van der Waals surface area contributed by atoms with Crippen LogP contribution in [0.25, 0.3) is 0 Å². The van der Waals surface area contributed by atoms with Crippen molar-refractivity contribution < 1.29 is 4.79 Å². The van der Waals surface area contributed by atoms with E-state index in [0.29, 0.717) is 17.5 Å². The second kappa shape index (κ2) is 9.79. The summed E-state index contributed by atoms with van der Waals surface area (Å²) in [6, 6.07) is 16.7. The number of hydrogen-bond acceptors (Lipinski definition) is 6. The summed E-state index contributed by atoms with van der Waals surface area (Å²) in [6.45, 7) is 4.68. The normalized spacial score (nSPS) is 10.3. The van der Waals surface area contributed by atoms with Gasteiger partial charge in [0, 0.05) is 40.3 Å². The fraction of sp³-hybridized carbons (Fsp3) is 0.190. The zero-order valence-corrected chi connectivity index (χ0v) is 17.4. The summed E-state index contributed by atoms with van der Waals surface area (Å²) in [4.78, 5) is 22.1. The minimum atomic E-state index is -0.286. The van der Waals surface area contributed by atoms with Gasteiger partial charge in [-0.25, -0.2) is 9.78 Å². The number of aryl methyl sites for hydroxylation is 1. The topological polar surface area (TPSA) is 91.0 Å². The van der Waals surface area contributed by atoms with Gasteiger partial charge in [-0.1, -0.05) is 6.07 Å². The molecular formula is C21H24N6OS. The van der Waals surface area contributed by atoms with Gasteiger partial charge in [0.05, 0.1) is 0 Å². The predicted molar refractivity (Wildman–Crippen MR) is 122 cm³/mol. The Morgan fingerprint density at radius 1 is 0.966 bits per heavy atom. The van der Waals surface area contributed by atoms with Crippen molar-refractivity contribution in [3.05, 3.63) is 60.3 Å². The molecule has 0 saturated carbocycles. The number of aromatic nitrogens is 2. The van der Waals surface area contributed by atoms with Crippen molar-refractivity contribution in [3.8, 4) is 0 Å². The summed E-state index contributed by atoms with van der Waals surface area (Å²) in [6.07, 6.45) is 2.00. The van der Waals surface area contributed by atoms with Crippen LogP contribution in [0.2, 0.25) is 0 Å². The molecule has 4 N–H and O–H groups in total. The molecule has 0 bridgehead atoms. The number of thioether (sulfide) groups is 1. The van der Waals surface area contributed by atoms with Crippen LogP contribution in [0.1, 0.15) is 12.6 Å². The van der Waals surface area contributed by atoms with Crippen molar-refractivity contribution in [2.45, 2.75) is 18.7 Å². The van der Waals surface area contributed by atoms with Crippen LogP contribution < -0.4 is 21.3 Å². The van der Waals surface area contributed by atoms with Crippen LogP contribution in [-0.2, 0) is 0 Å². The molecule has 0 spiro atoms. The molecule has 8 heteroatoms. The zero-order valence-electron chi connectivity index (χ0n) is 16.6. The standard InChI is InChI=1S/C21H24N6OS/c1-4-22-20-23-14(2)12-19(27-20)24-15-8-10-16(11-9-15)25-21(28)26-17-6-5-7-18(13-17)29-3/h5-13H,4H2,1-3H3,(H2,25,26,28)(H2,22,23,24,27). The van der Waals surface area contributed by atoms with Crippen LogP contribution in [-0.4, -0.2) is 28.8 Å². The van der Waals surface area contributed by atoms with Gasteiger partial charge in [0.25, 0.3) is 0 Å². The molecule has 2 amide bonds. The summed E-state index contributed by atoms with van der Waals surface area (Å²) in [5, 5.41) is 12.0. The van der Waals surface area contributed by atoms with E-state index in [1.807, 2.05) is 74.7 Å². The van der Waals surface area contributed by atoms with Gasteiger partial charge in [-0.05, 0) is 62.6 Å². The lowest BCUT2D eigenvalue weighted by Gasteiger charge is -2.11. The van der Waals surface area contributed by atoms with Gasteiger partial charge in [0.1, 0.15) is 5.82 Å². The first-order chi connectivity index (χ1) is 14.1. The summed E-state index contributed by atoms with van der Waals surface area (Å²) >= 11 is 1.63. The molecule has 29 heavy (non-hydrogen) atoms. The number of carbonyl (C=O) groups is 1. The van der Waals surface area contributed by atoms with Crippen molar-refractivity contribution in [2.75, 3.05) is 34.1 Å². The first-order valence-electron chi connectivity index (χ1n) is 9.24. The van der Waals surface area contributed by atoms with E-state index >= 15 is 0 Å². The summed E-state index contributed by atoms with van der Waals surface area (Å²) in [5.74, 6) is 1.30. The van der Waals surface area contributed by atoms with Gasteiger partial charge in [0.2, 0.25) is 5.95 Å². The first kappa shape index (κ1) is 20.5. The quantitative estimate of drug-likeness (QED) is 0.395. The van der Waals surface area contributed by atoms with E-state index in [-0.39, 0.29) is 6.03 Å². The van der Waals surface area contributed by atoms with E-state index in [0.717, 1.165) is 28.5 Å². The molecule has 2 aromatic carbocycles. The van der Waals surface area contributed by atoms with Crippen molar-refractivity contribution in [1.82, 2.24) is 9.97 Å². The number of amides is 2. The fourth-order valence-electron chi connectivity index (χ4n) is 2.65. The average Bonchev–Trinajstić information content (AvgIpc) is 2.69. The van der Waals surface area contributed by atoms with Crippen LogP contribution in [0.3, 0.4) is 0 Å². The Bertz CT molecular complexity index is 977. The average molecular weight is 409 g/mol. The van der Waals surface area contributed by atoms with E-state index in [4.69, 9.17) is 0 Å². The number of nitrogens with zero attached hydrogens (tertiary/aromatic N) is 2. The number of anilines is 5. The minimum Gasteiger partial charge on any atom is -0.354 e. The lowest BCUT2D eigenvalue weighted by atomic mass is 10.2. The highest BCUT2D eigenvalue weighted by Gasteiger charge is 2.05. The number of nitrogens with one attached hydrogen (secondary N) is 4. The smallest absolute Gasteiger partial charge is 0.323 e. The first-order valence-corrected chi connectivity index (χ1v) is 10.5. The highest BCUT2D eigenvalue weighted by Crippen LogP contribution is 2.21. The minimum absolute atomic E-state index is 0.286. The van der Waals surface area contributed by atoms with E-state index in [1.165, 1.54) is 0 Å². The Kier molecular flexibility index (Phi) is 6.91. The molecule has 150 valence electrons. The summed E-state index contributed by atoms with van der Waals surface area (Å²) in [7, 11) is 0. The van der Waals surface area contributed by atoms with Crippen molar-refractivity contribution >= 4 is 46.6 Å². The van der Waals surface area contributed by atoms with E-state index in [9.17, 15) is 4.79 Å². The lowest BCUT2D eigenvalue weighted by Crippen LogP contribution is -2.19. The van der Waals surface area contributed by atoms with Gasteiger partial charge in [0.15, 0.2) is 0 Å². The molecule has 0 unspecified atom stereocenters. The Hall–Kier alpha value is -3.26. The van der Waals surface area contributed by atoms with Crippen LogP contribution >= 0.6 is 11.8 Å². The molecule has 0 aliphatic rings. The molecule has 0 fully saturated rings. The van der Waals surface area contributed by atoms with Gasteiger partial charge >= 0.3 is 6.03 Å². The van der Waals surface area contributed by atoms with Crippen molar-refractivity contribution in [3.63, 3.8) is 0 Å². The van der Waals surface area contributed by atoms with Gasteiger partial charge < -0.3 is 21.3 Å². The number of rotatable bonds is 7. The Balaban J connectivity index is 1.60. The second-order valence-corrected chi connectivity index (χ2v) is 7.14. The number of benzene rings is 2. The molecule has 1 heterocycles. The third kappa shape index (κ3) is 6.11. The van der Waals surface area contributed by atoms with Gasteiger partial charge in [-0.3, -0.25) is 0 Å². The maximum Gasteiger partial charge on any atom is 0.323 e. The maximum absolute atomic E-state index is 12.2. The van der Waals surface area contributed by atoms with Crippen LogP contribution in [0.15, 0.2) is 59.5 Å². The summed E-state index contributed by atoms with van der Waals surface area (Å²) in [5.41, 5.74) is 3.19. The van der Waals surface area contributed by atoms with Gasteiger partial charge in [-0.2, -0.15) is 4.98 Å². The van der Waals surface area contributed by atoms with Crippen LogP contribution in [0.4, 0.5) is 33.6 Å². The number of carbonyl (C=O) groups excluding carboxylic acids is 1. The molecule has 0 atom stereocenters. The SMILES string of the molecule is CCNc1nc(C)cc(Nc2ccc(NC(=O)Nc3cccc(SC)c3)cc2)n1. The monoisotopic (exact) mass is 408 g/mol. The van der Waals surface area contributed by atoms with E-state index in [1.54, 1.807) is 11.8 Å². The Morgan fingerprint density at radius 3 is 2.41 bits per heavy atom. The molecule has 0 saturated heterocycles. The lowest BCUT2D eigenvalue weighted by molar-refractivity contribution is 0.262. The predicted octanol–water partition coefficient (Wildman–Crippen LogP) is 5.33. The molecule has 0 aliphatic carbocycles. The molecule has 3 rings (SSSR count). The Morgan fingerprint density at radius 2 is 1.69 bits per heavy atom. The number of urea groups is 1. The highest BCUT2D eigenvalue weighted by molar-refractivity contribution is 7.98. The largest absolute Gasteiger partial charge is 0.354 e. The van der Waals surface area contributed by atoms with Crippen LogP contribution in [0, 0.1) is 6.92 Å².